The van der Waals surface area contributed by atoms with E-state index in [4.69, 9.17) is 11.6 Å². The van der Waals surface area contributed by atoms with Crippen LogP contribution in [0.1, 0.15) is 20.8 Å². The van der Waals surface area contributed by atoms with Gasteiger partial charge < -0.3 is 5.32 Å². The average molecular weight is 295 g/mol. The molecule has 0 aliphatic rings. The molecule has 19 heavy (non-hydrogen) atoms. The van der Waals surface area contributed by atoms with Gasteiger partial charge in [-0.05, 0) is 12.1 Å². The van der Waals surface area contributed by atoms with Crippen LogP contribution in [0.5, 0.6) is 0 Å². The zero-order valence-corrected chi connectivity index (χ0v) is 12.6. The second-order valence-corrected chi connectivity index (χ2v) is 6.54. The Morgan fingerprint density at radius 2 is 1.89 bits per heavy atom. The smallest absolute Gasteiger partial charge is 0.231 e. The van der Waals surface area contributed by atoms with Crippen molar-refractivity contribution in [3.05, 3.63) is 34.7 Å². The van der Waals surface area contributed by atoms with E-state index in [0.29, 0.717) is 10.2 Å². The van der Waals surface area contributed by atoms with Gasteiger partial charge in [-0.15, -0.1) is 11.3 Å². The molecule has 1 heterocycles. The highest BCUT2D eigenvalue weighted by Gasteiger charge is 2.22. The number of halogens is 1. The maximum Gasteiger partial charge on any atom is 0.231 e. The Morgan fingerprint density at radius 3 is 2.47 bits per heavy atom. The van der Waals surface area contributed by atoms with Gasteiger partial charge in [0.25, 0.3) is 0 Å². The molecular formula is C14H15ClN2OS. The van der Waals surface area contributed by atoms with Crippen LogP contribution < -0.4 is 5.32 Å². The van der Waals surface area contributed by atoms with Crippen molar-refractivity contribution in [1.29, 1.82) is 0 Å². The molecule has 1 aromatic carbocycles. The second kappa shape index (κ2) is 5.31. The van der Waals surface area contributed by atoms with Gasteiger partial charge in [0.2, 0.25) is 5.91 Å². The highest BCUT2D eigenvalue weighted by atomic mass is 35.5. The number of hydrogen-bond donors (Lipinski definition) is 1. The van der Waals surface area contributed by atoms with E-state index in [9.17, 15) is 4.79 Å². The molecule has 0 fully saturated rings. The molecular weight excluding hydrogens is 280 g/mol. The Bertz CT molecular complexity index is 584. The molecule has 3 nitrogen and oxygen atoms in total. The fourth-order valence-electron chi connectivity index (χ4n) is 1.37. The van der Waals surface area contributed by atoms with Gasteiger partial charge in [0, 0.05) is 21.4 Å². The van der Waals surface area contributed by atoms with Crippen LogP contribution in [0.2, 0.25) is 5.02 Å². The summed E-state index contributed by atoms with van der Waals surface area (Å²) in [6.45, 7) is 5.61. The molecule has 0 atom stereocenters. The maximum absolute atomic E-state index is 11.9. The van der Waals surface area contributed by atoms with Crippen LogP contribution in [0.4, 0.5) is 5.13 Å². The average Bonchev–Trinajstić information content (AvgIpc) is 2.77. The largest absolute Gasteiger partial charge is 0.302 e. The Morgan fingerprint density at radius 1 is 1.26 bits per heavy atom. The SMILES string of the molecule is CC(C)(C)C(=O)Nc1nc(-c2ccc(Cl)cc2)cs1. The van der Waals surface area contributed by atoms with Crippen molar-refractivity contribution in [2.45, 2.75) is 20.8 Å². The van der Waals surface area contributed by atoms with Crippen LogP contribution in [0.15, 0.2) is 29.6 Å². The fraction of sp³-hybridized carbons (Fsp3) is 0.286. The van der Waals surface area contributed by atoms with Gasteiger partial charge >= 0.3 is 0 Å². The van der Waals surface area contributed by atoms with Gasteiger partial charge in [0.05, 0.1) is 5.69 Å². The predicted molar refractivity (Wildman–Crippen MR) is 80.6 cm³/mol. The molecule has 0 bridgehead atoms. The minimum atomic E-state index is -0.424. The summed E-state index contributed by atoms with van der Waals surface area (Å²) < 4.78 is 0. The Hall–Kier alpha value is -1.39. The highest BCUT2D eigenvalue weighted by molar-refractivity contribution is 7.14. The molecule has 100 valence electrons. The number of carbonyl (C=O) groups excluding carboxylic acids is 1. The number of thiazole rings is 1. The van der Waals surface area contributed by atoms with E-state index in [2.05, 4.69) is 10.3 Å². The summed E-state index contributed by atoms with van der Waals surface area (Å²) in [6, 6.07) is 7.47. The first-order valence-corrected chi connectivity index (χ1v) is 7.15. The Labute approximate surface area is 121 Å². The van der Waals surface area contributed by atoms with Crippen LogP contribution in [0, 0.1) is 5.41 Å². The van der Waals surface area contributed by atoms with E-state index >= 15 is 0 Å². The lowest BCUT2D eigenvalue weighted by atomic mass is 9.96. The minimum Gasteiger partial charge on any atom is -0.302 e. The van der Waals surface area contributed by atoms with E-state index in [1.807, 2.05) is 50.4 Å². The second-order valence-electron chi connectivity index (χ2n) is 5.25. The molecule has 0 saturated carbocycles. The monoisotopic (exact) mass is 294 g/mol. The molecule has 2 rings (SSSR count). The summed E-state index contributed by atoms with van der Waals surface area (Å²) >= 11 is 7.27. The van der Waals surface area contributed by atoms with Gasteiger partial charge in [-0.1, -0.05) is 44.5 Å². The molecule has 5 heteroatoms. The number of nitrogens with one attached hydrogen (secondary N) is 1. The molecule has 2 aromatic rings. The Balaban J connectivity index is 2.16. The summed E-state index contributed by atoms with van der Waals surface area (Å²) in [5.41, 5.74) is 1.40. The van der Waals surface area contributed by atoms with Gasteiger partial charge in [0.1, 0.15) is 0 Å². The fourth-order valence-corrected chi connectivity index (χ4v) is 2.21. The van der Waals surface area contributed by atoms with Gasteiger partial charge in [0.15, 0.2) is 5.13 Å². The molecule has 0 spiro atoms. The minimum absolute atomic E-state index is 0.0375. The number of rotatable bonds is 2. The topological polar surface area (TPSA) is 42.0 Å². The summed E-state index contributed by atoms with van der Waals surface area (Å²) in [5, 5.41) is 6.05. The zero-order chi connectivity index (χ0) is 14.0. The first-order valence-electron chi connectivity index (χ1n) is 5.89. The molecule has 0 saturated heterocycles. The van der Waals surface area contributed by atoms with Gasteiger partial charge in [-0.3, -0.25) is 4.79 Å². The van der Waals surface area contributed by atoms with Crippen LogP contribution in [0.3, 0.4) is 0 Å². The Kier molecular flexibility index (Phi) is 3.92. The summed E-state index contributed by atoms with van der Waals surface area (Å²) in [6.07, 6.45) is 0. The maximum atomic E-state index is 11.9. The normalized spacial score (nSPS) is 11.4. The van der Waals surface area contributed by atoms with E-state index in [1.165, 1.54) is 11.3 Å². The first-order chi connectivity index (χ1) is 8.86. The molecule has 1 amide bonds. The lowest BCUT2D eigenvalue weighted by molar-refractivity contribution is -0.123. The lowest BCUT2D eigenvalue weighted by Crippen LogP contribution is -2.27. The number of nitrogens with zero attached hydrogens (tertiary/aromatic N) is 1. The predicted octanol–water partition coefficient (Wildman–Crippen LogP) is 4.45. The molecule has 0 aliphatic heterocycles. The molecule has 0 aliphatic carbocycles. The van der Waals surface area contributed by atoms with E-state index in [-0.39, 0.29) is 5.91 Å². The first kappa shape index (κ1) is 14.0. The number of amides is 1. The summed E-state index contributed by atoms with van der Waals surface area (Å²) in [7, 11) is 0. The third kappa shape index (κ3) is 3.55. The van der Waals surface area contributed by atoms with Crippen LogP contribution in [-0.2, 0) is 4.79 Å². The van der Waals surface area contributed by atoms with Crippen molar-refractivity contribution in [1.82, 2.24) is 4.98 Å². The van der Waals surface area contributed by atoms with Crippen molar-refractivity contribution >= 4 is 34.0 Å². The van der Waals surface area contributed by atoms with Crippen LogP contribution in [0.25, 0.3) is 11.3 Å². The van der Waals surface area contributed by atoms with Crippen molar-refractivity contribution in [2.75, 3.05) is 5.32 Å². The summed E-state index contributed by atoms with van der Waals surface area (Å²) in [5.74, 6) is -0.0375. The number of anilines is 1. The van der Waals surface area contributed by atoms with E-state index in [1.54, 1.807) is 0 Å². The molecule has 1 aromatic heterocycles. The number of benzene rings is 1. The van der Waals surface area contributed by atoms with Crippen molar-refractivity contribution in [3.8, 4) is 11.3 Å². The third-order valence-electron chi connectivity index (χ3n) is 2.55. The molecule has 0 unspecified atom stereocenters. The number of hydrogen-bond acceptors (Lipinski definition) is 3. The van der Waals surface area contributed by atoms with Crippen molar-refractivity contribution < 1.29 is 4.79 Å². The van der Waals surface area contributed by atoms with E-state index in [0.717, 1.165) is 11.3 Å². The lowest BCUT2D eigenvalue weighted by Gasteiger charge is -2.15. The number of aromatic nitrogens is 1. The highest BCUT2D eigenvalue weighted by Crippen LogP contribution is 2.27. The number of carbonyl (C=O) groups is 1. The van der Waals surface area contributed by atoms with Gasteiger partial charge in [-0.2, -0.15) is 0 Å². The van der Waals surface area contributed by atoms with Crippen molar-refractivity contribution in [2.24, 2.45) is 5.41 Å². The zero-order valence-electron chi connectivity index (χ0n) is 11.0. The third-order valence-corrected chi connectivity index (χ3v) is 3.56. The van der Waals surface area contributed by atoms with E-state index < -0.39 is 5.41 Å². The van der Waals surface area contributed by atoms with Crippen LogP contribution in [-0.4, -0.2) is 10.9 Å². The summed E-state index contributed by atoms with van der Waals surface area (Å²) in [4.78, 5) is 16.3. The standard InChI is InChI=1S/C14H15ClN2OS/c1-14(2,3)12(18)17-13-16-11(8-19-13)9-4-6-10(15)7-5-9/h4-8H,1-3H3,(H,16,17,18). The van der Waals surface area contributed by atoms with Crippen molar-refractivity contribution in [3.63, 3.8) is 0 Å². The van der Waals surface area contributed by atoms with Gasteiger partial charge in [-0.25, -0.2) is 4.98 Å². The molecule has 1 N–H and O–H groups in total. The molecule has 0 radical (unpaired) electrons. The van der Waals surface area contributed by atoms with Crippen LogP contribution >= 0.6 is 22.9 Å². The quantitative estimate of drug-likeness (QED) is 0.889.